The number of carbonyl (C=O) groups is 2. The van der Waals surface area contributed by atoms with Gasteiger partial charge in [0.2, 0.25) is 0 Å². The van der Waals surface area contributed by atoms with Gasteiger partial charge in [0.15, 0.2) is 6.61 Å². The van der Waals surface area contributed by atoms with Gasteiger partial charge in [0.05, 0.1) is 5.92 Å². The van der Waals surface area contributed by atoms with Gasteiger partial charge in [0.25, 0.3) is 5.91 Å². The van der Waals surface area contributed by atoms with Crippen LogP contribution in [0.2, 0.25) is 5.02 Å². The van der Waals surface area contributed by atoms with Crippen molar-refractivity contribution in [3.8, 4) is 5.75 Å². The normalized spacial score (nSPS) is 15.6. The standard InChI is InChI=1S/C20H20ClNO4/c1-12-4-3-5-13(2)19(12)22-18(23)11-26-20(24)15-8-14-9-16(21)6-7-17(14)25-10-15/h3-7,9,15H,8,10-11H2,1-2H3,(H,22,23)/t15-/m1/s1. The molecule has 1 aliphatic heterocycles. The van der Waals surface area contributed by atoms with Gasteiger partial charge in [-0.3, -0.25) is 9.59 Å². The summed E-state index contributed by atoms with van der Waals surface area (Å²) in [5, 5.41) is 3.39. The Balaban J connectivity index is 1.55. The number of hydrogen-bond acceptors (Lipinski definition) is 4. The van der Waals surface area contributed by atoms with Crippen molar-refractivity contribution in [3.63, 3.8) is 0 Å². The number of esters is 1. The second-order valence-corrected chi connectivity index (χ2v) is 6.82. The molecule has 136 valence electrons. The Kier molecular flexibility index (Phi) is 5.47. The topological polar surface area (TPSA) is 64.6 Å². The molecule has 1 amide bonds. The highest BCUT2D eigenvalue weighted by atomic mass is 35.5. The molecular formula is C20H20ClNO4. The number of ether oxygens (including phenoxy) is 2. The molecule has 0 spiro atoms. The summed E-state index contributed by atoms with van der Waals surface area (Å²) in [5.41, 5.74) is 3.53. The van der Waals surface area contributed by atoms with Crippen molar-refractivity contribution in [3.05, 3.63) is 58.1 Å². The number of aryl methyl sites for hydroxylation is 2. The molecule has 0 saturated carbocycles. The zero-order valence-electron chi connectivity index (χ0n) is 14.7. The van der Waals surface area contributed by atoms with E-state index < -0.39 is 11.9 Å². The number of halogens is 1. The van der Waals surface area contributed by atoms with Crippen LogP contribution in [0.1, 0.15) is 16.7 Å². The van der Waals surface area contributed by atoms with Crippen LogP contribution in [0.5, 0.6) is 5.75 Å². The fraction of sp³-hybridized carbons (Fsp3) is 0.300. The highest BCUT2D eigenvalue weighted by Gasteiger charge is 2.28. The van der Waals surface area contributed by atoms with E-state index in [9.17, 15) is 9.59 Å². The number of nitrogens with one attached hydrogen (secondary N) is 1. The quantitative estimate of drug-likeness (QED) is 0.830. The van der Waals surface area contributed by atoms with E-state index in [1.54, 1.807) is 18.2 Å². The van der Waals surface area contributed by atoms with Crippen LogP contribution in [-0.2, 0) is 20.7 Å². The predicted octanol–water partition coefficient (Wildman–Crippen LogP) is 3.69. The third-order valence-corrected chi connectivity index (χ3v) is 4.59. The van der Waals surface area contributed by atoms with Crippen LogP contribution >= 0.6 is 11.6 Å². The number of anilines is 1. The molecule has 0 radical (unpaired) electrons. The van der Waals surface area contributed by atoms with Gasteiger partial charge in [0.1, 0.15) is 12.4 Å². The summed E-state index contributed by atoms with van der Waals surface area (Å²) in [6.07, 6.45) is 0.479. The van der Waals surface area contributed by atoms with Crippen LogP contribution in [0.3, 0.4) is 0 Å². The van der Waals surface area contributed by atoms with Gasteiger partial charge < -0.3 is 14.8 Å². The Morgan fingerprint density at radius 1 is 1.23 bits per heavy atom. The van der Waals surface area contributed by atoms with Gasteiger partial charge in [-0.2, -0.15) is 0 Å². The van der Waals surface area contributed by atoms with Crippen LogP contribution in [0, 0.1) is 19.8 Å². The van der Waals surface area contributed by atoms with E-state index in [-0.39, 0.29) is 19.1 Å². The first-order valence-electron chi connectivity index (χ1n) is 8.38. The molecule has 0 aliphatic carbocycles. The molecule has 5 nitrogen and oxygen atoms in total. The molecule has 0 saturated heterocycles. The number of benzene rings is 2. The van der Waals surface area contributed by atoms with E-state index in [4.69, 9.17) is 21.1 Å². The summed E-state index contributed by atoms with van der Waals surface area (Å²) in [4.78, 5) is 24.4. The van der Waals surface area contributed by atoms with E-state index in [0.29, 0.717) is 11.4 Å². The largest absolute Gasteiger partial charge is 0.492 e. The zero-order chi connectivity index (χ0) is 18.7. The van der Waals surface area contributed by atoms with Crippen molar-refractivity contribution in [2.75, 3.05) is 18.5 Å². The van der Waals surface area contributed by atoms with Crippen LogP contribution in [0.4, 0.5) is 5.69 Å². The Morgan fingerprint density at radius 3 is 2.69 bits per heavy atom. The minimum absolute atomic E-state index is 0.228. The van der Waals surface area contributed by atoms with Crippen LogP contribution < -0.4 is 10.1 Å². The summed E-state index contributed by atoms with van der Waals surface area (Å²) in [6, 6.07) is 11.1. The van der Waals surface area contributed by atoms with E-state index in [2.05, 4.69) is 5.32 Å². The van der Waals surface area contributed by atoms with Crippen LogP contribution in [0.15, 0.2) is 36.4 Å². The number of hydrogen-bond donors (Lipinski definition) is 1. The molecule has 3 rings (SSSR count). The van der Waals surface area contributed by atoms with Crippen molar-refractivity contribution < 1.29 is 19.1 Å². The van der Waals surface area contributed by atoms with Gasteiger partial charge in [-0.1, -0.05) is 29.8 Å². The Morgan fingerprint density at radius 2 is 1.96 bits per heavy atom. The number of rotatable bonds is 4. The molecule has 1 atom stereocenters. The smallest absolute Gasteiger partial charge is 0.313 e. The molecule has 1 N–H and O–H groups in total. The first-order chi connectivity index (χ1) is 12.4. The molecule has 1 aliphatic rings. The molecule has 2 aromatic rings. The number of carbonyl (C=O) groups excluding carboxylic acids is 2. The second kappa shape index (κ2) is 7.79. The molecule has 0 aromatic heterocycles. The van der Waals surface area contributed by atoms with Gasteiger partial charge in [0, 0.05) is 10.7 Å². The van der Waals surface area contributed by atoms with E-state index in [0.717, 1.165) is 28.1 Å². The van der Waals surface area contributed by atoms with Crippen molar-refractivity contribution in [2.24, 2.45) is 5.92 Å². The third-order valence-electron chi connectivity index (χ3n) is 4.35. The Hall–Kier alpha value is -2.53. The second-order valence-electron chi connectivity index (χ2n) is 6.39. The monoisotopic (exact) mass is 373 g/mol. The summed E-state index contributed by atoms with van der Waals surface area (Å²) >= 11 is 5.98. The van der Waals surface area contributed by atoms with Crippen molar-refractivity contribution >= 4 is 29.2 Å². The average Bonchev–Trinajstić information content (AvgIpc) is 2.62. The van der Waals surface area contributed by atoms with Crippen LogP contribution in [-0.4, -0.2) is 25.1 Å². The molecule has 6 heteroatoms. The SMILES string of the molecule is Cc1cccc(C)c1NC(=O)COC(=O)[C@H]1COc2ccc(Cl)cc2C1. The van der Waals surface area contributed by atoms with Crippen molar-refractivity contribution in [1.82, 2.24) is 0 Å². The van der Waals surface area contributed by atoms with Gasteiger partial charge >= 0.3 is 5.97 Å². The maximum atomic E-state index is 12.3. The third kappa shape index (κ3) is 4.17. The van der Waals surface area contributed by atoms with E-state index >= 15 is 0 Å². The van der Waals surface area contributed by atoms with Gasteiger partial charge in [-0.15, -0.1) is 0 Å². The lowest BCUT2D eigenvalue weighted by Gasteiger charge is -2.24. The fourth-order valence-electron chi connectivity index (χ4n) is 2.96. The number of amides is 1. The molecular weight excluding hydrogens is 354 g/mol. The average molecular weight is 374 g/mol. The molecule has 0 bridgehead atoms. The van der Waals surface area contributed by atoms with Crippen molar-refractivity contribution in [2.45, 2.75) is 20.3 Å². The number of fused-ring (bicyclic) bond motifs is 1. The first kappa shape index (κ1) is 18.3. The van der Waals surface area contributed by atoms with E-state index in [1.807, 2.05) is 32.0 Å². The van der Waals surface area contributed by atoms with Crippen LogP contribution in [0.25, 0.3) is 0 Å². The van der Waals surface area contributed by atoms with Gasteiger partial charge in [-0.05, 0) is 55.2 Å². The Bertz CT molecular complexity index is 829. The molecule has 26 heavy (non-hydrogen) atoms. The van der Waals surface area contributed by atoms with Gasteiger partial charge in [-0.25, -0.2) is 0 Å². The molecule has 2 aromatic carbocycles. The zero-order valence-corrected chi connectivity index (χ0v) is 15.4. The maximum Gasteiger partial charge on any atom is 0.313 e. The lowest BCUT2D eigenvalue weighted by Crippen LogP contribution is -2.32. The summed E-state index contributed by atoms with van der Waals surface area (Å²) in [5.74, 6) is -0.539. The fourth-order valence-corrected chi connectivity index (χ4v) is 3.15. The predicted molar refractivity (Wildman–Crippen MR) is 99.6 cm³/mol. The summed E-state index contributed by atoms with van der Waals surface area (Å²) < 4.78 is 10.8. The minimum atomic E-state index is -0.452. The molecule has 0 fully saturated rings. The Labute approximate surface area is 157 Å². The summed E-state index contributed by atoms with van der Waals surface area (Å²) in [7, 11) is 0. The number of para-hydroxylation sites is 1. The summed E-state index contributed by atoms with van der Waals surface area (Å²) in [6.45, 7) is 3.73. The first-order valence-corrected chi connectivity index (χ1v) is 8.76. The molecule has 1 heterocycles. The van der Waals surface area contributed by atoms with Crippen molar-refractivity contribution in [1.29, 1.82) is 0 Å². The highest BCUT2D eigenvalue weighted by molar-refractivity contribution is 6.30. The molecule has 0 unspecified atom stereocenters. The lowest BCUT2D eigenvalue weighted by molar-refractivity contribution is -0.152. The minimum Gasteiger partial charge on any atom is -0.492 e. The lowest BCUT2D eigenvalue weighted by atomic mass is 9.97. The maximum absolute atomic E-state index is 12.3. The van der Waals surface area contributed by atoms with E-state index in [1.165, 1.54) is 0 Å². The highest BCUT2D eigenvalue weighted by Crippen LogP contribution is 2.30.